The molecule has 7 heavy (non-hydrogen) atoms. The van der Waals surface area contributed by atoms with Crippen molar-refractivity contribution in [1.29, 1.82) is 0 Å². The molecule has 0 saturated heterocycles. The van der Waals surface area contributed by atoms with Gasteiger partial charge >= 0.3 is 42.7 Å². The molecule has 1 rings (SSSR count). The van der Waals surface area contributed by atoms with Crippen LogP contribution >= 0.6 is 0 Å². The molecule has 2 heteroatoms. The number of rotatable bonds is 1. The summed E-state index contributed by atoms with van der Waals surface area (Å²) in [7, 11) is 3.45. The second-order valence-corrected chi connectivity index (χ2v) is 1.79. The van der Waals surface area contributed by atoms with Gasteiger partial charge in [-0.1, -0.05) is 0 Å². The zero-order chi connectivity index (χ0) is 5.28. The molecule has 0 radical (unpaired) electrons. The summed E-state index contributed by atoms with van der Waals surface area (Å²) in [5.74, 6) is 0.414. The van der Waals surface area contributed by atoms with Gasteiger partial charge in [0, 0.05) is 0 Å². The molecule has 0 spiro atoms. The van der Waals surface area contributed by atoms with Crippen LogP contribution in [0.15, 0.2) is 5.57 Å². The summed E-state index contributed by atoms with van der Waals surface area (Å²) in [5, 5.41) is 8.42. The van der Waals surface area contributed by atoms with E-state index in [2.05, 4.69) is 13.1 Å². The minimum atomic E-state index is 0.276. The van der Waals surface area contributed by atoms with E-state index in [1.807, 2.05) is 0 Å². The van der Waals surface area contributed by atoms with Gasteiger partial charge in [-0.05, 0) is 0 Å². The van der Waals surface area contributed by atoms with Gasteiger partial charge in [0.05, 0.1) is 0 Å². The molecule has 1 saturated carbocycles. The van der Waals surface area contributed by atoms with Gasteiger partial charge in [-0.15, -0.1) is 0 Å². The normalized spacial score (nSPS) is 26.9. The molecule has 1 unspecified atom stereocenters. The summed E-state index contributed by atoms with van der Waals surface area (Å²) in [6.45, 7) is 0.276. The molecule has 0 aromatic carbocycles. The van der Waals surface area contributed by atoms with E-state index >= 15 is 0 Å². The van der Waals surface area contributed by atoms with Crippen molar-refractivity contribution < 1.29 is 5.11 Å². The molecule has 1 aliphatic rings. The standard InChI is InChI=1S/C5H7BO/c6-2-4-1-5(4)3-7/h5-7H,1,3H2. The monoisotopic (exact) mass is 94.1 g/mol. The SMILES string of the molecule is B=C=C1CC1CO. The van der Waals surface area contributed by atoms with Gasteiger partial charge in [0.2, 0.25) is 0 Å². The molecule has 0 aliphatic heterocycles. The fourth-order valence-corrected chi connectivity index (χ4v) is 0.598. The third-order valence-corrected chi connectivity index (χ3v) is 1.25. The maximum atomic E-state index is 8.42. The van der Waals surface area contributed by atoms with Gasteiger partial charge in [-0.3, -0.25) is 0 Å². The first-order valence-electron chi connectivity index (χ1n) is 2.38. The molecular formula is C5H7BO. The minimum absolute atomic E-state index is 0.276. The molecule has 0 bridgehead atoms. The Morgan fingerprint density at radius 2 is 2.71 bits per heavy atom. The topological polar surface area (TPSA) is 20.2 Å². The van der Waals surface area contributed by atoms with Crippen molar-refractivity contribution in [2.45, 2.75) is 6.42 Å². The number of hydrogen-bond donors (Lipinski definition) is 1. The van der Waals surface area contributed by atoms with E-state index in [0.29, 0.717) is 5.92 Å². The van der Waals surface area contributed by atoms with Crippen molar-refractivity contribution in [3.63, 3.8) is 0 Å². The third-order valence-electron chi connectivity index (χ3n) is 1.25. The Hall–Kier alpha value is -0.325. The van der Waals surface area contributed by atoms with Crippen LogP contribution in [-0.2, 0) is 0 Å². The maximum absolute atomic E-state index is 8.42. The Kier molecular flexibility index (Phi) is 1.14. The van der Waals surface area contributed by atoms with Gasteiger partial charge in [0.25, 0.3) is 0 Å². The van der Waals surface area contributed by atoms with Crippen molar-refractivity contribution in [2.24, 2.45) is 5.92 Å². The Morgan fingerprint density at radius 1 is 2.00 bits per heavy atom. The van der Waals surface area contributed by atoms with E-state index in [1.165, 1.54) is 5.57 Å². The van der Waals surface area contributed by atoms with Gasteiger partial charge in [-0.2, -0.15) is 0 Å². The molecule has 36 valence electrons. The first-order chi connectivity index (χ1) is 3.38. The molecule has 0 aromatic rings. The number of hydrogen-bond acceptors (Lipinski definition) is 1. The Morgan fingerprint density at radius 3 is 2.86 bits per heavy atom. The summed E-state index contributed by atoms with van der Waals surface area (Å²) >= 11 is 0. The fraction of sp³-hybridized carbons (Fsp3) is 0.600. The van der Waals surface area contributed by atoms with E-state index in [1.54, 1.807) is 0 Å². The average Bonchev–Trinajstić information content (AvgIpc) is 2.43. The van der Waals surface area contributed by atoms with Crippen LogP contribution in [0.1, 0.15) is 6.42 Å². The van der Waals surface area contributed by atoms with Crippen molar-refractivity contribution in [3.05, 3.63) is 5.57 Å². The van der Waals surface area contributed by atoms with Crippen LogP contribution in [0.5, 0.6) is 0 Å². The first-order valence-corrected chi connectivity index (χ1v) is 2.38. The van der Waals surface area contributed by atoms with Crippen molar-refractivity contribution in [3.8, 4) is 0 Å². The number of aliphatic hydroxyl groups is 1. The summed E-state index contributed by atoms with van der Waals surface area (Å²) in [6.07, 6.45) is 1.01. The fourth-order valence-electron chi connectivity index (χ4n) is 0.598. The van der Waals surface area contributed by atoms with E-state index in [-0.39, 0.29) is 6.61 Å². The summed E-state index contributed by atoms with van der Waals surface area (Å²) in [6, 6.07) is 0. The predicted molar refractivity (Wildman–Crippen MR) is 30.9 cm³/mol. The van der Waals surface area contributed by atoms with Crippen molar-refractivity contribution in [2.75, 3.05) is 6.61 Å². The predicted octanol–water partition coefficient (Wildman–Crippen LogP) is -0.773. The second kappa shape index (κ2) is 1.65. The van der Waals surface area contributed by atoms with Gasteiger partial charge in [-0.25, -0.2) is 0 Å². The molecule has 1 atom stereocenters. The van der Waals surface area contributed by atoms with Crippen LogP contribution < -0.4 is 0 Å². The van der Waals surface area contributed by atoms with E-state index in [0.717, 1.165) is 6.42 Å². The van der Waals surface area contributed by atoms with Crippen LogP contribution in [0.25, 0.3) is 0 Å². The van der Waals surface area contributed by atoms with Crippen LogP contribution in [0.4, 0.5) is 0 Å². The molecule has 1 aliphatic carbocycles. The van der Waals surface area contributed by atoms with Gasteiger partial charge in [0.1, 0.15) is 0 Å². The molecule has 1 fully saturated rings. The molecular weight excluding hydrogens is 86.9 g/mol. The van der Waals surface area contributed by atoms with Crippen LogP contribution in [-0.4, -0.2) is 24.8 Å². The Labute approximate surface area is 43.7 Å². The van der Waals surface area contributed by atoms with Crippen molar-refractivity contribution in [1.82, 2.24) is 0 Å². The molecule has 0 heterocycles. The summed E-state index contributed by atoms with van der Waals surface area (Å²) in [4.78, 5) is 0. The second-order valence-electron chi connectivity index (χ2n) is 1.79. The van der Waals surface area contributed by atoms with Crippen LogP contribution in [0.2, 0.25) is 0 Å². The zero-order valence-electron chi connectivity index (χ0n) is 4.15. The van der Waals surface area contributed by atoms with E-state index < -0.39 is 0 Å². The molecule has 0 aromatic heterocycles. The molecule has 1 N–H and O–H groups in total. The van der Waals surface area contributed by atoms with Gasteiger partial charge < -0.3 is 0 Å². The van der Waals surface area contributed by atoms with Crippen LogP contribution in [0.3, 0.4) is 0 Å². The van der Waals surface area contributed by atoms with E-state index in [9.17, 15) is 0 Å². The number of aliphatic hydroxyl groups excluding tert-OH is 1. The Bertz CT molecular complexity index is 124. The Balaban J connectivity index is 2.45. The summed E-state index contributed by atoms with van der Waals surface area (Å²) in [5.41, 5.74) is 3.93. The first kappa shape index (κ1) is 4.82. The third kappa shape index (κ3) is 0.819. The van der Waals surface area contributed by atoms with Gasteiger partial charge in [0.15, 0.2) is 0 Å². The van der Waals surface area contributed by atoms with Crippen LogP contribution in [0, 0.1) is 5.92 Å². The quantitative estimate of drug-likeness (QED) is 0.423. The van der Waals surface area contributed by atoms with Crippen molar-refractivity contribution >= 4 is 13.1 Å². The summed E-state index contributed by atoms with van der Waals surface area (Å²) < 4.78 is 0. The average molecular weight is 93.9 g/mol. The molecule has 1 nitrogen and oxygen atoms in total. The zero-order valence-corrected chi connectivity index (χ0v) is 4.15. The molecule has 0 amide bonds. The van der Waals surface area contributed by atoms with E-state index in [4.69, 9.17) is 5.11 Å².